The fraction of sp³-hybridized carbons (Fsp3) is 0.793. The number of hydrogen-bond donors (Lipinski definition) is 21. The van der Waals surface area contributed by atoms with Crippen molar-refractivity contribution in [2.24, 2.45) is 64.9 Å². The van der Waals surface area contributed by atoms with Crippen LogP contribution >= 0.6 is 24.4 Å². The fourth-order valence-corrected chi connectivity index (χ4v) is 10.4. The largest absolute Gasteiger partial charge is 0.542 e. The van der Waals surface area contributed by atoms with Gasteiger partial charge >= 0.3 is 5.97 Å². The van der Waals surface area contributed by atoms with E-state index in [2.05, 4.69) is 155 Å². The van der Waals surface area contributed by atoms with Crippen LogP contribution in [0.2, 0.25) is 0 Å². The minimum absolute atomic E-state index is 0. The van der Waals surface area contributed by atoms with Gasteiger partial charge in [0.2, 0.25) is 35.4 Å². The first kappa shape index (κ1) is 142. The quantitative estimate of drug-likeness (QED) is 0.00553. The van der Waals surface area contributed by atoms with Crippen molar-refractivity contribution in [3.8, 4) is 0 Å². The molecule has 4 atom stereocenters. The summed E-state index contributed by atoms with van der Waals surface area (Å²) in [6.07, 6.45) is 6.00. The fourth-order valence-electron chi connectivity index (χ4n) is 9.25. The van der Waals surface area contributed by atoms with Gasteiger partial charge in [0.25, 0.3) is 0 Å². The number of thioether (sulfide) groups is 1. The number of carbonyl (C=O) groups is 9. The number of nitrogens with one attached hydrogen (secondary N) is 12. The van der Waals surface area contributed by atoms with Gasteiger partial charge in [0.15, 0.2) is 11.6 Å². The van der Waals surface area contributed by atoms with Crippen molar-refractivity contribution in [3.63, 3.8) is 0 Å². The van der Waals surface area contributed by atoms with Gasteiger partial charge in [-0.2, -0.15) is 24.5 Å². The van der Waals surface area contributed by atoms with Crippen molar-refractivity contribution in [2.45, 2.75) is 310 Å². The van der Waals surface area contributed by atoms with Crippen LogP contribution in [0, 0.1) is 47.8 Å². The van der Waals surface area contributed by atoms with Crippen molar-refractivity contribution in [1.82, 2.24) is 73.6 Å². The standard InChI is InChI=1S/C18H35N5O5.C17H32N4O5S.C17H33N3O3S.C15H29N4O3.C12H25N4O2.2C4H9.2Y/c1-12(22-27)17(3,4)19-10-14(11-20-18(5,6)13(2)23-28)21-15(24)8-7-9-16(25)26;1-11(23)18-10-27-9-13(15(25)17(2,3)4)20-16(26)12(8-22)19-14(24)7-21(5)6;1-16(2,3)13(19-12(21)9-20(7)8)15(23)18-11(10-24)14(22)17(4,5)6;1-11(18-21)14(3,4)16-9-13(7-8-20)10-17-15(5,6)12(2)19-22;1-10(16-18)12(4,5)14-8-6-7-13-11(2,3)9-15-17;2*1-4(2)3;;/h14,19-20,27-28H,7-11H2,1-6H3,(H,21,24)(H,25,26);12-13,22H,7-10H2,1-6H3,(H,18,23)(H,19,24)(H,20,26);11,13,24H,9-10H2,1-8H3,(H,18,23)(H,19,21);13,16-17,21-22H,7,9-10H2,1-6H3;13-14,17-18H,6-8H2,1-5H3;2*4H,1H2,2-3H3;;/q;;;4*-1;;/b22-12+,23-13+;;;18-11+,19-12+;16-10+;;;;/t;12-,13?;;;;;;;/m.0......./s1. The number of thiol groups is 1. The Bertz CT molecular complexity index is 3320. The molecule has 0 saturated carbocycles. The normalized spacial score (nSPS) is 14.1. The Morgan fingerprint density at radius 1 is 0.465 bits per heavy atom. The molecule has 0 saturated heterocycles. The van der Waals surface area contributed by atoms with Crippen LogP contribution in [0.5, 0.6) is 0 Å². The van der Waals surface area contributed by atoms with E-state index in [1.165, 1.54) is 18.7 Å². The number of oxime groups is 5. The Balaban J connectivity index is -0.000000195. The van der Waals surface area contributed by atoms with Crippen LogP contribution < -0.4 is 63.8 Å². The summed E-state index contributed by atoms with van der Waals surface area (Å²) < 4.78 is 0. The molecule has 129 heavy (non-hydrogen) atoms. The molecule has 0 aromatic carbocycles. The van der Waals surface area contributed by atoms with Crippen LogP contribution in [-0.4, -0.2) is 313 Å². The monoisotopic (exact) mass is 2030 g/mol. The summed E-state index contributed by atoms with van der Waals surface area (Å²) >= 11 is 5.48. The number of carboxylic acids is 1. The van der Waals surface area contributed by atoms with E-state index in [9.17, 15) is 53.1 Å². The average Bonchev–Trinajstić information content (AvgIpc) is 0.821. The second kappa shape index (κ2) is 72.1. The predicted octanol–water partition coefficient (Wildman–Crippen LogP) is 7.01. The molecular weight excluding hydrogens is 1860 g/mol. The second-order valence-corrected chi connectivity index (χ2v) is 40.0. The summed E-state index contributed by atoms with van der Waals surface area (Å²) in [5.74, 6) is -1.31. The number of likely N-dealkylation sites (N-methyl/N-ethyl adjacent to an activating group) is 2. The zero-order valence-corrected chi connectivity index (χ0v) is 92.2. The van der Waals surface area contributed by atoms with Gasteiger partial charge in [-0.1, -0.05) is 135 Å². The summed E-state index contributed by atoms with van der Waals surface area (Å²) in [5, 5.41) is 126. The molecule has 3 unspecified atom stereocenters. The van der Waals surface area contributed by atoms with Crippen molar-refractivity contribution < 1.29 is 155 Å². The Morgan fingerprint density at radius 3 is 1.13 bits per heavy atom. The number of aliphatic hydroxyl groups excluding tert-OH is 1. The zero-order valence-electron chi connectivity index (χ0n) is 84.8. The number of aliphatic hydroxyl groups is 1. The van der Waals surface area contributed by atoms with Crippen LogP contribution in [0.1, 0.15) is 247 Å². The number of Topliss-reactive ketones (excluding diaryl/α,β-unsaturated/α-hetero) is 2. The molecule has 0 aromatic heterocycles. The minimum Gasteiger partial charge on any atom is -0.542 e. The summed E-state index contributed by atoms with van der Waals surface area (Å²) in [5.41, 5.74) is -1.83. The number of ketones is 2. The van der Waals surface area contributed by atoms with Crippen molar-refractivity contribution in [2.75, 3.05) is 105 Å². The topological polar surface area (TPSA) is 558 Å². The number of carboxylic acid groups (broad SMARTS) is 1. The third-order valence-corrected chi connectivity index (χ3v) is 20.0. The minimum atomic E-state index is -1.15. The molecule has 0 fully saturated rings. The molecule has 0 aliphatic carbocycles. The molecule has 0 heterocycles. The van der Waals surface area contributed by atoms with Gasteiger partial charge in [0.1, 0.15) is 12.1 Å². The smallest absolute Gasteiger partial charge is 0.303 e. The number of nitrogens with zero attached hydrogens (tertiary/aromatic N) is 8. The van der Waals surface area contributed by atoms with Gasteiger partial charge in [-0.15, -0.1) is 18.2 Å². The van der Waals surface area contributed by atoms with Gasteiger partial charge < -0.3 is 145 Å². The summed E-state index contributed by atoms with van der Waals surface area (Å²) in [7, 11) is 6.98. The van der Waals surface area contributed by atoms with Crippen molar-refractivity contribution in [1.29, 1.82) is 0 Å². The van der Waals surface area contributed by atoms with E-state index >= 15 is 0 Å². The van der Waals surface area contributed by atoms with E-state index in [0.29, 0.717) is 72.5 Å². The SMILES string of the molecule is C/C(=N\O)C(C)(C)NCC(CNC(C)(C)/C(C)=N/O)NC(=O)CCCC(=O)O.C/C(=N\O)C(C)(C)NCC(C[C-]=O)CNC(C)(C)/C(C)=N/O.C/C(=N\O)C(C)(C)NCCCNC(C)(C)[C-]=NO.CC(=O)NCSCC(NC(=O)[C@H](CO)NC(=O)CN(C)C)C(=O)C(C)(C)C.CN(C)CC(=O)NC(C(=O)NC(CS)C(=O)C(C)(C)C)C(C)(C)C.[CH2-]C(C)C.[CH2-]C(C)C.[Y].[Y]. The Kier molecular flexibility index (Phi) is 79.1. The predicted molar refractivity (Wildman–Crippen MR) is 514 cm³/mol. The van der Waals surface area contributed by atoms with Gasteiger partial charge in [0, 0.05) is 121 Å². The van der Waals surface area contributed by atoms with Crippen LogP contribution in [0.25, 0.3) is 0 Å². The number of rotatable bonds is 49. The maximum atomic E-state index is 12.7. The van der Waals surface area contributed by atoms with E-state index in [1.54, 1.807) is 114 Å². The van der Waals surface area contributed by atoms with E-state index < -0.39 is 92.5 Å². The molecule has 0 aliphatic heterocycles. The summed E-state index contributed by atoms with van der Waals surface area (Å²) in [6, 6.07) is -3.70. The first-order chi connectivity index (χ1) is 57.7. The van der Waals surface area contributed by atoms with Crippen molar-refractivity contribution in [3.05, 3.63) is 13.8 Å². The van der Waals surface area contributed by atoms with Gasteiger partial charge in [0.05, 0.1) is 100.0 Å². The maximum absolute atomic E-state index is 12.7. The maximum Gasteiger partial charge on any atom is 0.303 e. The van der Waals surface area contributed by atoms with E-state index in [-0.39, 0.29) is 168 Å². The number of aliphatic carboxylic acids is 1. The Hall–Kier alpha value is -5.33. The number of carbonyl (C=O) groups excluding carboxylic acids is 9. The Labute approximate surface area is 833 Å². The van der Waals surface area contributed by atoms with E-state index in [0.717, 1.165) is 19.5 Å². The molecular formula is C87H172N20O18S2Y2-4. The summed E-state index contributed by atoms with van der Waals surface area (Å²) in [6.45, 7) is 67.6. The van der Waals surface area contributed by atoms with Gasteiger partial charge in [-0.05, 0) is 182 Å². The molecule has 0 aliphatic rings. The zero-order chi connectivity index (χ0) is 101. The Morgan fingerprint density at radius 2 is 0.814 bits per heavy atom. The van der Waals surface area contributed by atoms with Crippen LogP contribution in [0.15, 0.2) is 30.9 Å². The summed E-state index contributed by atoms with van der Waals surface area (Å²) in [4.78, 5) is 122. The van der Waals surface area contributed by atoms with Gasteiger partial charge in [-0.3, -0.25) is 49.4 Å². The number of hydrogen-bond acceptors (Lipinski definition) is 33. The van der Waals surface area contributed by atoms with E-state index in [4.69, 9.17) is 36.4 Å². The average molecular weight is 2030 g/mol. The molecule has 20 N–H and O–H groups in total. The first-order valence-electron chi connectivity index (χ1n) is 42.5. The molecule has 42 heteroatoms. The van der Waals surface area contributed by atoms with E-state index in [1.807, 2.05) is 110 Å². The number of amides is 6. The van der Waals surface area contributed by atoms with Crippen molar-refractivity contribution >= 4 is 118 Å². The third kappa shape index (κ3) is 74.7. The molecule has 0 bridgehead atoms. The van der Waals surface area contributed by atoms with Crippen LogP contribution in [-0.2, 0) is 113 Å². The van der Waals surface area contributed by atoms with Crippen LogP contribution in [0.3, 0.4) is 0 Å². The van der Waals surface area contributed by atoms with Crippen LogP contribution in [0.4, 0.5) is 0 Å². The molecule has 0 aromatic rings. The second-order valence-electron chi connectivity index (χ2n) is 38.6. The molecule has 38 nitrogen and oxygen atoms in total. The molecule has 6 amide bonds. The first-order valence-corrected chi connectivity index (χ1v) is 44.2. The molecule has 750 valence electrons. The van der Waals surface area contributed by atoms with Gasteiger partial charge in [-0.25, -0.2) is 0 Å². The molecule has 0 spiro atoms. The molecule has 2 radical (unpaired) electrons. The molecule has 0 rings (SSSR count). The third-order valence-electron chi connectivity index (χ3n) is 18.7.